The van der Waals surface area contributed by atoms with Crippen LogP contribution in [0.3, 0.4) is 0 Å². The van der Waals surface area contributed by atoms with Crippen molar-refractivity contribution in [1.29, 1.82) is 0 Å². The van der Waals surface area contributed by atoms with Gasteiger partial charge in [0.05, 0.1) is 12.2 Å². The van der Waals surface area contributed by atoms with Crippen molar-refractivity contribution >= 4 is 29.0 Å². The highest BCUT2D eigenvalue weighted by molar-refractivity contribution is 7.80. The number of carbonyl (C=O) groups is 1. The van der Waals surface area contributed by atoms with Crippen molar-refractivity contribution in [3.05, 3.63) is 29.8 Å². The van der Waals surface area contributed by atoms with E-state index in [2.05, 4.69) is 15.5 Å². The van der Waals surface area contributed by atoms with E-state index in [-0.39, 0.29) is 5.97 Å². The molecule has 110 valence electrons. The molecule has 0 saturated carbocycles. The third-order valence-corrected chi connectivity index (χ3v) is 2.74. The van der Waals surface area contributed by atoms with Gasteiger partial charge in [-0.1, -0.05) is 0 Å². The maximum absolute atomic E-state index is 11.5. The second-order valence-electron chi connectivity index (χ2n) is 4.48. The fourth-order valence-electron chi connectivity index (χ4n) is 1.47. The number of benzene rings is 1. The van der Waals surface area contributed by atoms with Gasteiger partial charge >= 0.3 is 5.97 Å². The maximum Gasteiger partial charge on any atom is 0.338 e. The van der Waals surface area contributed by atoms with Gasteiger partial charge in [0.2, 0.25) is 0 Å². The molecule has 0 atom stereocenters. The molecule has 0 aliphatic carbocycles. The number of anilines is 1. The number of nitrogens with one attached hydrogen (secondary N) is 2. The van der Waals surface area contributed by atoms with Crippen LogP contribution in [0.2, 0.25) is 0 Å². The average Bonchev–Trinajstić information content (AvgIpc) is 2.39. The molecule has 0 amide bonds. The number of ether oxygens (including phenoxy) is 1. The first-order valence-electron chi connectivity index (χ1n) is 6.49. The topological polar surface area (TPSA) is 53.6 Å². The summed E-state index contributed by atoms with van der Waals surface area (Å²) in [7, 11) is 4.01. The smallest absolute Gasteiger partial charge is 0.338 e. The largest absolute Gasteiger partial charge is 0.462 e. The lowest BCUT2D eigenvalue weighted by atomic mass is 10.2. The molecule has 0 fully saturated rings. The van der Waals surface area contributed by atoms with Crippen molar-refractivity contribution in [2.45, 2.75) is 6.92 Å². The van der Waals surface area contributed by atoms with Crippen LogP contribution < -0.4 is 10.6 Å². The van der Waals surface area contributed by atoms with Gasteiger partial charge in [-0.05, 0) is 57.5 Å². The number of thiocarbonyl (C=S) groups is 1. The first-order valence-corrected chi connectivity index (χ1v) is 6.90. The Labute approximate surface area is 125 Å². The zero-order chi connectivity index (χ0) is 15.0. The van der Waals surface area contributed by atoms with Gasteiger partial charge in [-0.2, -0.15) is 0 Å². The average molecular weight is 295 g/mol. The van der Waals surface area contributed by atoms with E-state index in [9.17, 15) is 4.79 Å². The first-order chi connectivity index (χ1) is 9.52. The summed E-state index contributed by atoms with van der Waals surface area (Å²) < 4.78 is 4.92. The molecule has 5 nitrogen and oxygen atoms in total. The number of esters is 1. The van der Waals surface area contributed by atoms with Gasteiger partial charge in [0.15, 0.2) is 5.11 Å². The third kappa shape index (κ3) is 5.99. The zero-order valence-corrected chi connectivity index (χ0v) is 12.9. The van der Waals surface area contributed by atoms with E-state index in [0.717, 1.165) is 18.8 Å². The number of rotatable bonds is 6. The Morgan fingerprint density at radius 3 is 2.50 bits per heavy atom. The molecule has 0 bridgehead atoms. The quantitative estimate of drug-likeness (QED) is 0.615. The summed E-state index contributed by atoms with van der Waals surface area (Å²) in [6, 6.07) is 7.02. The van der Waals surface area contributed by atoms with Crippen molar-refractivity contribution in [3.8, 4) is 0 Å². The van der Waals surface area contributed by atoms with E-state index in [1.54, 1.807) is 31.2 Å². The van der Waals surface area contributed by atoms with E-state index in [0.29, 0.717) is 17.3 Å². The van der Waals surface area contributed by atoms with Gasteiger partial charge in [0, 0.05) is 18.8 Å². The molecule has 20 heavy (non-hydrogen) atoms. The SMILES string of the molecule is CCOC(=O)c1ccc(NC(=S)NCCN(C)C)cc1. The van der Waals surface area contributed by atoms with Crippen LogP contribution in [-0.4, -0.2) is 49.8 Å². The monoisotopic (exact) mass is 295 g/mol. The molecule has 0 spiro atoms. The Hall–Kier alpha value is -1.66. The van der Waals surface area contributed by atoms with E-state index in [1.165, 1.54) is 0 Å². The molecule has 1 aromatic rings. The normalized spacial score (nSPS) is 10.2. The minimum absolute atomic E-state index is 0.314. The fourth-order valence-corrected chi connectivity index (χ4v) is 1.69. The maximum atomic E-state index is 11.5. The Morgan fingerprint density at radius 1 is 1.30 bits per heavy atom. The second-order valence-corrected chi connectivity index (χ2v) is 4.89. The van der Waals surface area contributed by atoms with Gasteiger partial charge in [0.1, 0.15) is 0 Å². The zero-order valence-electron chi connectivity index (χ0n) is 12.1. The summed E-state index contributed by atoms with van der Waals surface area (Å²) in [5, 5.41) is 6.74. The number of carbonyl (C=O) groups excluding carboxylic acids is 1. The van der Waals surface area contributed by atoms with Crippen LogP contribution in [0.5, 0.6) is 0 Å². The van der Waals surface area contributed by atoms with Gasteiger partial charge in [0.25, 0.3) is 0 Å². The molecule has 0 unspecified atom stereocenters. The predicted molar refractivity (Wildman–Crippen MR) is 85.2 cm³/mol. The van der Waals surface area contributed by atoms with Crippen molar-refractivity contribution in [2.24, 2.45) is 0 Å². The van der Waals surface area contributed by atoms with Crippen molar-refractivity contribution in [2.75, 3.05) is 39.1 Å². The lowest BCUT2D eigenvalue weighted by Crippen LogP contribution is -2.34. The van der Waals surface area contributed by atoms with Gasteiger partial charge in [-0.3, -0.25) is 0 Å². The van der Waals surface area contributed by atoms with Gasteiger partial charge in [-0.15, -0.1) is 0 Å². The Kier molecular flexibility index (Phi) is 6.97. The standard InChI is InChI=1S/C14H21N3O2S/c1-4-19-13(18)11-5-7-12(8-6-11)16-14(20)15-9-10-17(2)3/h5-8H,4,9-10H2,1-3H3,(H2,15,16,20). The van der Waals surface area contributed by atoms with Crippen molar-refractivity contribution < 1.29 is 9.53 Å². The van der Waals surface area contributed by atoms with Crippen molar-refractivity contribution in [3.63, 3.8) is 0 Å². The Morgan fingerprint density at radius 2 is 1.95 bits per heavy atom. The summed E-state index contributed by atoms with van der Waals surface area (Å²) in [5.74, 6) is -0.314. The van der Waals surface area contributed by atoms with Gasteiger partial charge in [-0.25, -0.2) is 4.79 Å². The Balaban J connectivity index is 2.44. The van der Waals surface area contributed by atoms with E-state index >= 15 is 0 Å². The van der Waals surface area contributed by atoms with E-state index in [4.69, 9.17) is 17.0 Å². The number of hydrogen-bond donors (Lipinski definition) is 2. The molecule has 6 heteroatoms. The Bertz CT molecular complexity index is 446. The molecule has 0 heterocycles. The first kappa shape index (κ1) is 16.4. The minimum atomic E-state index is -0.314. The number of nitrogens with zero attached hydrogens (tertiary/aromatic N) is 1. The van der Waals surface area contributed by atoms with Gasteiger partial charge < -0.3 is 20.3 Å². The summed E-state index contributed by atoms with van der Waals surface area (Å²) in [5.41, 5.74) is 1.37. The molecule has 1 aromatic carbocycles. The summed E-state index contributed by atoms with van der Waals surface area (Å²) in [4.78, 5) is 13.6. The van der Waals surface area contributed by atoms with Crippen LogP contribution in [0, 0.1) is 0 Å². The van der Waals surface area contributed by atoms with Crippen LogP contribution in [-0.2, 0) is 4.74 Å². The second kappa shape index (κ2) is 8.50. The molecule has 1 rings (SSSR count). The van der Waals surface area contributed by atoms with E-state index < -0.39 is 0 Å². The van der Waals surface area contributed by atoms with Crippen LogP contribution >= 0.6 is 12.2 Å². The van der Waals surface area contributed by atoms with Crippen LogP contribution in [0.25, 0.3) is 0 Å². The third-order valence-electron chi connectivity index (χ3n) is 2.50. The van der Waals surface area contributed by atoms with Crippen LogP contribution in [0.15, 0.2) is 24.3 Å². The molecule has 0 radical (unpaired) electrons. The number of likely N-dealkylation sites (N-methyl/N-ethyl adjacent to an activating group) is 1. The molecular weight excluding hydrogens is 274 g/mol. The fraction of sp³-hybridized carbons (Fsp3) is 0.429. The molecular formula is C14H21N3O2S. The number of hydrogen-bond acceptors (Lipinski definition) is 4. The highest BCUT2D eigenvalue weighted by Crippen LogP contribution is 2.10. The van der Waals surface area contributed by atoms with Crippen molar-refractivity contribution in [1.82, 2.24) is 10.2 Å². The highest BCUT2D eigenvalue weighted by Gasteiger charge is 2.05. The van der Waals surface area contributed by atoms with Crippen LogP contribution in [0.4, 0.5) is 5.69 Å². The van der Waals surface area contributed by atoms with Crippen LogP contribution in [0.1, 0.15) is 17.3 Å². The minimum Gasteiger partial charge on any atom is -0.462 e. The summed E-state index contributed by atoms with van der Waals surface area (Å²) in [6.07, 6.45) is 0. The predicted octanol–water partition coefficient (Wildman–Crippen LogP) is 1.71. The van der Waals surface area contributed by atoms with E-state index in [1.807, 2.05) is 14.1 Å². The molecule has 2 N–H and O–H groups in total. The summed E-state index contributed by atoms with van der Waals surface area (Å²) >= 11 is 5.18. The summed E-state index contributed by atoms with van der Waals surface area (Å²) in [6.45, 7) is 3.84. The lowest BCUT2D eigenvalue weighted by Gasteiger charge is -2.13. The highest BCUT2D eigenvalue weighted by atomic mass is 32.1. The lowest BCUT2D eigenvalue weighted by molar-refractivity contribution is 0.0526. The molecule has 0 saturated heterocycles. The molecule has 0 aliphatic rings. The molecule has 0 aromatic heterocycles. The molecule has 0 aliphatic heterocycles.